The average molecular weight is 450 g/mol. The minimum Gasteiger partial charge on any atom is -0.494 e. The topological polar surface area (TPSA) is 113 Å². The first-order chi connectivity index (χ1) is 16.0. The lowest BCUT2D eigenvalue weighted by Gasteiger charge is -2.16. The van der Waals surface area contributed by atoms with E-state index in [4.69, 9.17) is 9.47 Å². The lowest BCUT2D eigenvalue weighted by Crippen LogP contribution is -2.38. The molecule has 1 aromatic heterocycles. The first-order valence-electron chi connectivity index (χ1n) is 10.9. The van der Waals surface area contributed by atoms with Gasteiger partial charge in [0.2, 0.25) is 5.91 Å². The average Bonchev–Trinajstić information content (AvgIpc) is 3.32. The van der Waals surface area contributed by atoms with Crippen LogP contribution in [-0.2, 0) is 16.0 Å². The molecule has 0 radical (unpaired) electrons. The zero-order valence-electron chi connectivity index (χ0n) is 18.5. The number of rotatable bonds is 9. The highest BCUT2D eigenvalue weighted by Crippen LogP contribution is 2.29. The standard InChI is InChI=1S/C24H26N4O5/c1-3-32-16-9-10-21(33-4-2)19(12-16)26-22(29)14-28-23(30)20(27-24(28)31)11-15-13-25-18-8-6-5-7-17(15)18/h5-10,12-13,20,25H,3-4,11,14H2,1-2H3,(H,26,29)(H,27,31)/t20-/m1/s1. The molecule has 0 bridgehead atoms. The molecule has 1 aliphatic heterocycles. The van der Waals surface area contributed by atoms with Gasteiger partial charge in [0, 0.05) is 29.6 Å². The fourth-order valence-corrected chi connectivity index (χ4v) is 3.86. The highest BCUT2D eigenvalue weighted by Gasteiger charge is 2.39. The number of urea groups is 1. The van der Waals surface area contributed by atoms with Crippen LogP contribution in [-0.4, -0.2) is 53.5 Å². The minimum atomic E-state index is -0.732. The van der Waals surface area contributed by atoms with Crippen molar-refractivity contribution in [3.8, 4) is 11.5 Å². The summed E-state index contributed by atoms with van der Waals surface area (Å²) in [5, 5.41) is 6.40. The van der Waals surface area contributed by atoms with Crippen LogP contribution in [0.5, 0.6) is 11.5 Å². The second kappa shape index (κ2) is 9.64. The third-order valence-electron chi connectivity index (χ3n) is 5.34. The predicted molar refractivity (Wildman–Crippen MR) is 123 cm³/mol. The minimum absolute atomic E-state index is 0.331. The molecular weight excluding hydrogens is 424 g/mol. The van der Waals surface area contributed by atoms with Crippen LogP contribution in [0.2, 0.25) is 0 Å². The number of carbonyl (C=O) groups excluding carboxylic acids is 3. The Morgan fingerprint density at radius 2 is 1.88 bits per heavy atom. The number of hydrogen-bond acceptors (Lipinski definition) is 5. The monoisotopic (exact) mass is 450 g/mol. The Kier molecular flexibility index (Phi) is 6.48. The van der Waals surface area contributed by atoms with Crippen molar-refractivity contribution < 1.29 is 23.9 Å². The summed E-state index contributed by atoms with van der Waals surface area (Å²) in [6.45, 7) is 4.18. The number of amides is 4. The summed E-state index contributed by atoms with van der Waals surface area (Å²) >= 11 is 0. The predicted octanol–water partition coefficient (Wildman–Crippen LogP) is 3.07. The molecule has 33 heavy (non-hydrogen) atoms. The van der Waals surface area contributed by atoms with Gasteiger partial charge in [0.25, 0.3) is 5.91 Å². The normalized spacial score (nSPS) is 15.6. The van der Waals surface area contributed by atoms with Crippen LogP contribution < -0.4 is 20.1 Å². The molecule has 4 rings (SSSR count). The Hall–Kier alpha value is -4.01. The number of fused-ring (bicyclic) bond motifs is 1. The first-order valence-corrected chi connectivity index (χ1v) is 10.9. The largest absolute Gasteiger partial charge is 0.494 e. The number of para-hydroxylation sites is 1. The van der Waals surface area contributed by atoms with E-state index in [2.05, 4.69) is 15.6 Å². The summed E-state index contributed by atoms with van der Waals surface area (Å²) in [5.74, 6) is 0.100. The van der Waals surface area contributed by atoms with Crippen molar-refractivity contribution >= 4 is 34.4 Å². The number of nitrogens with one attached hydrogen (secondary N) is 3. The van der Waals surface area contributed by atoms with Crippen molar-refractivity contribution in [2.24, 2.45) is 0 Å². The lowest BCUT2D eigenvalue weighted by molar-refractivity contribution is -0.130. The first kappa shape index (κ1) is 22.2. The quantitative estimate of drug-likeness (QED) is 0.434. The fourth-order valence-electron chi connectivity index (χ4n) is 3.86. The van der Waals surface area contributed by atoms with Crippen molar-refractivity contribution in [1.29, 1.82) is 0 Å². The summed E-state index contributed by atoms with van der Waals surface area (Å²) in [5.41, 5.74) is 2.29. The van der Waals surface area contributed by atoms with Crippen molar-refractivity contribution in [3.05, 3.63) is 54.2 Å². The number of nitrogens with zero attached hydrogens (tertiary/aromatic N) is 1. The Balaban J connectivity index is 1.43. The van der Waals surface area contributed by atoms with Gasteiger partial charge in [-0.2, -0.15) is 0 Å². The van der Waals surface area contributed by atoms with E-state index >= 15 is 0 Å². The number of benzene rings is 2. The van der Waals surface area contributed by atoms with E-state index in [1.54, 1.807) is 18.2 Å². The van der Waals surface area contributed by atoms with E-state index in [0.29, 0.717) is 36.8 Å². The van der Waals surface area contributed by atoms with Gasteiger partial charge in [0.15, 0.2) is 0 Å². The summed E-state index contributed by atoms with van der Waals surface area (Å²) in [4.78, 5) is 42.1. The maximum atomic E-state index is 12.9. The summed E-state index contributed by atoms with van der Waals surface area (Å²) in [7, 11) is 0. The van der Waals surface area contributed by atoms with Crippen molar-refractivity contribution in [3.63, 3.8) is 0 Å². The molecule has 0 saturated carbocycles. The zero-order chi connectivity index (χ0) is 23.4. The van der Waals surface area contributed by atoms with Crippen molar-refractivity contribution in [2.45, 2.75) is 26.3 Å². The molecule has 2 aromatic carbocycles. The van der Waals surface area contributed by atoms with Gasteiger partial charge in [0.05, 0.1) is 18.9 Å². The van der Waals surface area contributed by atoms with Crippen LogP contribution in [0.25, 0.3) is 10.9 Å². The van der Waals surface area contributed by atoms with Gasteiger partial charge in [-0.05, 0) is 37.6 Å². The number of imide groups is 1. The molecular formula is C24H26N4O5. The van der Waals surface area contributed by atoms with Gasteiger partial charge in [-0.3, -0.25) is 14.5 Å². The van der Waals surface area contributed by atoms with Crippen LogP contribution in [0, 0.1) is 0 Å². The third kappa shape index (κ3) is 4.77. The fraction of sp³-hybridized carbons (Fsp3) is 0.292. The van der Waals surface area contributed by atoms with Crippen LogP contribution in [0.15, 0.2) is 48.7 Å². The highest BCUT2D eigenvalue weighted by atomic mass is 16.5. The molecule has 1 fully saturated rings. The summed E-state index contributed by atoms with van der Waals surface area (Å²) < 4.78 is 11.0. The molecule has 3 N–H and O–H groups in total. The molecule has 2 heterocycles. The molecule has 1 atom stereocenters. The lowest BCUT2D eigenvalue weighted by atomic mass is 10.1. The summed E-state index contributed by atoms with van der Waals surface area (Å²) in [6.07, 6.45) is 2.16. The second-order valence-electron chi connectivity index (χ2n) is 7.56. The Labute approximate surface area is 191 Å². The maximum absolute atomic E-state index is 12.9. The molecule has 0 unspecified atom stereocenters. The number of aromatic nitrogens is 1. The second-order valence-corrected chi connectivity index (χ2v) is 7.56. The van der Waals surface area contributed by atoms with E-state index in [1.165, 1.54) is 0 Å². The van der Waals surface area contributed by atoms with E-state index in [9.17, 15) is 14.4 Å². The molecule has 0 spiro atoms. The Morgan fingerprint density at radius 1 is 1.09 bits per heavy atom. The molecule has 3 aromatic rings. The molecule has 0 aliphatic carbocycles. The van der Waals surface area contributed by atoms with Crippen LogP contribution in [0.4, 0.5) is 10.5 Å². The van der Waals surface area contributed by atoms with Gasteiger partial charge in [0.1, 0.15) is 24.1 Å². The molecule has 1 saturated heterocycles. The Bertz CT molecular complexity index is 1190. The van der Waals surface area contributed by atoms with Crippen molar-refractivity contribution in [2.75, 3.05) is 25.1 Å². The van der Waals surface area contributed by atoms with Crippen LogP contribution >= 0.6 is 0 Å². The van der Waals surface area contributed by atoms with Gasteiger partial charge >= 0.3 is 6.03 Å². The molecule has 9 nitrogen and oxygen atoms in total. The number of H-pyrrole nitrogens is 1. The molecule has 172 valence electrons. The van der Waals surface area contributed by atoms with E-state index in [1.807, 2.05) is 44.3 Å². The van der Waals surface area contributed by atoms with Crippen LogP contribution in [0.3, 0.4) is 0 Å². The van der Waals surface area contributed by atoms with Gasteiger partial charge in [-0.25, -0.2) is 4.79 Å². The van der Waals surface area contributed by atoms with Gasteiger partial charge in [-0.1, -0.05) is 18.2 Å². The van der Waals surface area contributed by atoms with E-state index in [0.717, 1.165) is 21.4 Å². The summed E-state index contributed by atoms with van der Waals surface area (Å²) in [6, 6.07) is 11.5. The third-order valence-corrected chi connectivity index (χ3v) is 5.34. The maximum Gasteiger partial charge on any atom is 0.325 e. The molecule has 4 amide bonds. The van der Waals surface area contributed by atoms with Crippen molar-refractivity contribution in [1.82, 2.24) is 15.2 Å². The molecule has 1 aliphatic rings. The number of ether oxygens (including phenoxy) is 2. The van der Waals surface area contributed by atoms with Gasteiger partial charge < -0.3 is 25.1 Å². The molecule has 9 heteroatoms. The number of hydrogen-bond donors (Lipinski definition) is 3. The van der Waals surface area contributed by atoms with E-state index in [-0.39, 0.29) is 0 Å². The SMILES string of the molecule is CCOc1ccc(OCC)c(NC(=O)CN2C(=O)N[C@H](Cc3c[nH]c4ccccc34)C2=O)c1. The smallest absolute Gasteiger partial charge is 0.325 e. The Morgan fingerprint density at radius 3 is 2.67 bits per heavy atom. The van der Waals surface area contributed by atoms with Crippen LogP contribution in [0.1, 0.15) is 19.4 Å². The van der Waals surface area contributed by atoms with Gasteiger partial charge in [-0.15, -0.1) is 0 Å². The number of aromatic amines is 1. The van der Waals surface area contributed by atoms with E-state index < -0.39 is 30.4 Å². The zero-order valence-corrected chi connectivity index (χ0v) is 18.5. The number of carbonyl (C=O) groups is 3. The highest BCUT2D eigenvalue weighted by molar-refractivity contribution is 6.08. The number of anilines is 1.